The molecule has 1 aliphatic rings. The molecule has 1 aliphatic carbocycles. The highest BCUT2D eigenvalue weighted by molar-refractivity contribution is 5.89. The molecule has 1 aromatic heterocycles. The average molecular weight is 370 g/mol. The average Bonchev–Trinajstić information content (AvgIpc) is 2.84. The third-order valence-corrected chi connectivity index (χ3v) is 5.07. The molecule has 0 radical (unpaired) electrons. The number of nitrogens with zero attached hydrogens (tertiary/aromatic N) is 1. The number of benzene rings is 1. The molecule has 2 aromatic rings. The van der Waals surface area contributed by atoms with Gasteiger partial charge in [0.05, 0.1) is 11.8 Å². The number of carbonyl (C=O) groups is 1. The first-order valence-corrected chi connectivity index (χ1v) is 8.37. The van der Waals surface area contributed by atoms with Crippen LogP contribution in [0, 0.1) is 5.82 Å². The van der Waals surface area contributed by atoms with Crippen molar-refractivity contribution >= 4 is 5.78 Å². The number of hydrogen-bond donors (Lipinski definition) is 1. The molecule has 0 spiro atoms. The Balaban J connectivity index is 1.91. The van der Waals surface area contributed by atoms with Crippen molar-refractivity contribution in [2.24, 2.45) is 0 Å². The standard InChI is InChI=1S/C18H18F4N2O2/c1-2-12-5-4-11(8-13(12)18(20,21)22)9-15(25)17(6-3-7-17)24-10-14(19)16(26)23-24/h4-5,8,10H,2-3,6-7,9H2,1H3,(H,23,26). The Bertz CT molecular complexity index is 891. The van der Waals surface area contributed by atoms with Crippen molar-refractivity contribution in [2.45, 2.75) is 50.7 Å². The summed E-state index contributed by atoms with van der Waals surface area (Å²) in [6.45, 7) is 1.63. The lowest BCUT2D eigenvalue weighted by atomic mass is 9.72. The molecule has 0 aliphatic heterocycles. The minimum atomic E-state index is -4.49. The first-order valence-electron chi connectivity index (χ1n) is 8.37. The number of aromatic nitrogens is 2. The zero-order chi connectivity index (χ0) is 19.1. The van der Waals surface area contributed by atoms with E-state index < -0.39 is 28.7 Å². The molecule has 140 valence electrons. The molecule has 0 saturated heterocycles. The van der Waals surface area contributed by atoms with Crippen LogP contribution in [0.5, 0.6) is 0 Å². The monoisotopic (exact) mass is 370 g/mol. The molecule has 1 N–H and O–H groups in total. The summed E-state index contributed by atoms with van der Waals surface area (Å²) in [5, 5.41) is 2.29. The Morgan fingerprint density at radius 2 is 2.00 bits per heavy atom. The van der Waals surface area contributed by atoms with Crippen LogP contribution in [-0.2, 0) is 29.4 Å². The van der Waals surface area contributed by atoms with Crippen molar-refractivity contribution in [2.75, 3.05) is 0 Å². The second-order valence-electron chi connectivity index (χ2n) is 6.62. The van der Waals surface area contributed by atoms with E-state index in [2.05, 4.69) is 5.10 Å². The molecule has 26 heavy (non-hydrogen) atoms. The highest BCUT2D eigenvalue weighted by atomic mass is 19.4. The summed E-state index contributed by atoms with van der Waals surface area (Å²) in [6, 6.07) is 3.90. The van der Waals surface area contributed by atoms with Gasteiger partial charge < -0.3 is 0 Å². The van der Waals surface area contributed by atoms with E-state index in [0.717, 1.165) is 18.7 Å². The quantitative estimate of drug-likeness (QED) is 0.818. The summed E-state index contributed by atoms with van der Waals surface area (Å²) in [6.07, 6.45) is -1.99. The molecule has 3 rings (SSSR count). The number of Topliss-reactive ketones (excluding diaryl/α,β-unsaturated/α-hetero) is 1. The van der Waals surface area contributed by atoms with Gasteiger partial charge in [-0.2, -0.15) is 17.6 Å². The smallest absolute Gasteiger partial charge is 0.297 e. The van der Waals surface area contributed by atoms with Crippen LogP contribution in [-0.4, -0.2) is 15.6 Å². The summed E-state index contributed by atoms with van der Waals surface area (Å²) in [5.74, 6) is -1.33. The molecule has 0 bridgehead atoms. The number of hydrogen-bond acceptors (Lipinski definition) is 2. The number of nitrogens with one attached hydrogen (secondary N) is 1. The maximum Gasteiger partial charge on any atom is 0.416 e. The summed E-state index contributed by atoms with van der Waals surface area (Å²) in [7, 11) is 0. The number of carbonyl (C=O) groups excluding carboxylic acids is 1. The number of halogens is 4. The van der Waals surface area contributed by atoms with Crippen LogP contribution >= 0.6 is 0 Å². The Hall–Kier alpha value is -2.38. The minimum Gasteiger partial charge on any atom is -0.297 e. The van der Waals surface area contributed by atoms with E-state index in [-0.39, 0.29) is 29.8 Å². The molecule has 0 atom stereocenters. The Morgan fingerprint density at radius 3 is 2.46 bits per heavy atom. The maximum atomic E-state index is 13.4. The number of rotatable bonds is 5. The van der Waals surface area contributed by atoms with Crippen molar-refractivity contribution in [3.05, 3.63) is 57.3 Å². The lowest BCUT2D eigenvalue weighted by molar-refractivity contribution is -0.138. The van der Waals surface area contributed by atoms with Crippen LogP contribution in [0.3, 0.4) is 0 Å². The highest BCUT2D eigenvalue weighted by Crippen LogP contribution is 2.40. The van der Waals surface area contributed by atoms with Crippen LogP contribution in [0.25, 0.3) is 0 Å². The predicted molar refractivity (Wildman–Crippen MR) is 86.4 cm³/mol. The van der Waals surface area contributed by atoms with Crippen LogP contribution in [0.1, 0.15) is 42.9 Å². The van der Waals surface area contributed by atoms with Crippen LogP contribution < -0.4 is 5.56 Å². The maximum absolute atomic E-state index is 13.4. The molecule has 1 heterocycles. The van der Waals surface area contributed by atoms with Gasteiger partial charge in [-0.25, -0.2) is 0 Å². The normalized spacial score (nSPS) is 16.3. The Labute approximate surface area is 146 Å². The van der Waals surface area contributed by atoms with Gasteiger partial charge in [-0.05, 0) is 42.9 Å². The Morgan fingerprint density at radius 1 is 1.31 bits per heavy atom. The molecule has 1 fully saturated rings. The third kappa shape index (κ3) is 3.08. The SMILES string of the molecule is CCc1ccc(CC(=O)C2(n3cc(F)c(=O)[nH]3)CCC2)cc1C(F)(F)F. The van der Waals surface area contributed by atoms with Gasteiger partial charge in [0.25, 0.3) is 5.56 Å². The summed E-state index contributed by atoms with van der Waals surface area (Å²) >= 11 is 0. The number of H-pyrrole nitrogens is 1. The largest absolute Gasteiger partial charge is 0.416 e. The van der Waals surface area contributed by atoms with Crippen LogP contribution in [0.4, 0.5) is 17.6 Å². The van der Waals surface area contributed by atoms with Crippen molar-refractivity contribution in [3.8, 4) is 0 Å². The molecule has 4 nitrogen and oxygen atoms in total. The zero-order valence-corrected chi connectivity index (χ0v) is 14.1. The molecule has 8 heteroatoms. The van der Waals surface area contributed by atoms with E-state index in [1.54, 1.807) is 6.92 Å². The predicted octanol–water partition coefficient (Wildman–Crippen LogP) is 3.59. The second-order valence-corrected chi connectivity index (χ2v) is 6.62. The number of ketones is 1. The zero-order valence-electron chi connectivity index (χ0n) is 14.1. The van der Waals surface area contributed by atoms with E-state index >= 15 is 0 Å². The van der Waals surface area contributed by atoms with Gasteiger partial charge in [-0.3, -0.25) is 19.4 Å². The fraction of sp³-hybridized carbons (Fsp3) is 0.444. The van der Waals surface area contributed by atoms with Crippen molar-refractivity contribution in [1.82, 2.24) is 9.78 Å². The van der Waals surface area contributed by atoms with Gasteiger partial charge >= 0.3 is 6.18 Å². The second kappa shape index (κ2) is 6.41. The fourth-order valence-electron chi connectivity index (χ4n) is 3.42. The lowest BCUT2D eigenvalue weighted by Crippen LogP contribution is -2.49. The van der Waals surface area contributed by atoms with Gasteiger partial charge in [0, 0.05) is 6.42 Å². The van der Waals surface area contributed by atoms with Crippen molar-refractivity contribution in [3.63, 3.8) is 0 Å². The number of aryl methyl sites for hydroxylation is 1. The van der Waals surface area contributed by atoms with Gasteiger partial charge in [0.15, 0.2) is 5.78 Å². The summed E-state index contributed by atoms with van der Waals surface area (Å²) < 4.78 is 54.2. The summed E-state index contributed by atoms with van der Waals surface area (Å²) in [4.78, 5) is 24.2. The number of aromatic amines is 1. The lowest BCUT2D eigenvalue weighted by Gasteiger charge is -2.41. The Kier molecular flexibility index (Phi) is 4.54. The molecule has 0 amide bonds. The van der Waals surface area contributed by atoms with E-state index in [1.165, 1.54) is 16.8 Å². The van der Waals surface area contributed by atoms with E-state index in [4.69, 9.17) is 0 Å². The van der Waals surface area contributed by atoms with Gasteiger partial charge in [-0.15, -0.1) is 0 Å². The molecule has 1 aromatic carbocycles. The third-order valence-electron chi connectivity index (χ3n) is 5.07. The van der Waals surface area contributed by atoms with Crippen molar-refractivity contribution in [1.29, 1.82) is 0 Å². The van der Waals surface area contributed by atoms with E-state index in [0.29, 0.717) is 12.8 Å². The minimum absolute atomic E-state index is 0.170. The van der Waals surface area contributed by atoms with Crippen LogP contribution in [0.2, 0.25) is 0 Å². The number of alkyl halides is 3. The molecular weight excluding hydrogens is 352 g/mol. The first kappa shape index (κ1) is 18.4. The van der Waals surface area contributed by atoms with E-state index in [1.807, 2.05) is 0 Å². The van der Waals surface area contributed by atoms with E-state index in [9.17, 15) is 27.2 Å². The summed E-state index contributed by atoms with van der Waals surface area (Å²) in [5.41, 5.74) is -2.33. The van der Waals surface area contributed by atoms with Gasteiger partial charge in [-0.1, -0.05) is 19.1 Å². The highest BCUT2D eigenvalue weighted by Gasteiger charge is 2.46. The molecule has 1 saturated carbocycles. The van der Waals surface area contributed by atoms with Gasteiger partial charge in [0.1, 0.15) is 5.54 Å². The van der Waals surface area contributed by atoms with Crippen molar-refractivity contribution < 1.29 is 22.4 Å². The fourth-order valence-corrected chi connectivity index (χ4v) is 3.42. The topological polar surface area (TPSA) is 54.9 Å². The van der Waals surface area contributed by atoms with Gasteiger partial charge in [0.2, 0.25) is 5.82 Å². The van der Waals surface area contributed by atoms with Crippen LogP contribution in [0.15, 0.2) is 29.2 Å². The molecular formula is C18H18F4N2O2. The molecule has 0 unspecified atom stereocenters. The first-order chi connectivity index (χ1) is 12.2.